The van der Waals surface area contributed by atoms with Gasteiger partial charge in [-0.15, -0.1) is 0 Å². The van der Waals surface area contributed by atoms with E-state index in [0.717, 1.165) is 18.5 Å². The van der Waals surface area contributed by atoms with Gasteiger partial charge in [0, 0.05) is 6.42 Å². The second kappa shape index (κ2) is 8.13. The van der Waals surface area contributed by atoms with Crippen LogP contribution in [0.1, 0.15) is 44.2 Å². The lowest BCUT2D eigenvalue weighted by Gasteiger charge is -2.15. The molecule has 1 unspecified atom stereocenters. The molecule has 1 atom stereocenters. The van der Waals surface area contributed by atoms with Crippen LogP contribution in [0.4, 0.5) is 4.39 Å². The number of rotatable bonds is 9. The molecule has 1 saturated carbocycles. The van der Waals surface area contributed by atoms with E-state index in [4.69, 9.17) is 4.74 Å². The van der Waals surface area contributed by atoms with E-state index in [1.165, 1.54) is 18.9 Å². The first-order valence-corrected chi connectivity index (χ1v) is 7.96. The quantitative estimate of drug-likeness (QED) is 0.690. The number of carbonyl (C=O) groups is 1. The van der Waals surface area contributed by atoms with Crippen LogP contribution in [0.3, 0.4) is 0 Å². The van der Waals surface area contributed by atoms with Crippen molar-refractivity contribution < 1.29 is 13.9 Å². The van der Waals surface area contributed by atoms with E-state index in [-0.39, 0.29) is 17.8 Å². The molecule has 1 aliphatic carbocycles. The Kier molecular flexibility index (Phi) is 6.19. The number of ether oxygens (including phenoxy) is 1. The summed E-state index contributed by atoms with van der Waals surface area (Å²) in [5.74, 6) is 0.504. The fourth-order valence-electron chi connectivity index (χ4n) is 2.22. The molecule has 1 fully saturated rings. The zero-order valence-corrected chi connectivity index (χ0v) is 13.3. The van der Waals surface area contributed by atoms with E-state index in [2.05, 4.69) is 10.6 Å². The summed E-state index contributed by atoms with van der Waals surface area (Å²) in [6, 6.07) is 4.69. The maximum Gasteiger partial charge on any atom is 0.220 e. The van der Waals surface area contributed by atoms with Crippen LogP contribution in [0.2, 0.25) is 0 Å². The molecule has 1 aromatic carbocycles. The fourth-order valence-corrected chi connectivity index (χ4v) is 2.22. The van der Waals surface area contributed by atoms with Crippen LogP contribution in [-0.4, -0.2) is 26.1 Å². The van der Waals surface area contributed by atoms with Gasteiger partial charge in [-0.05, 0) is 63.4 Å². The first kappa shape index (κ1) is 16.7. The minimum atomic E-state index is -0.366. The smallest absolute Gasteiger partial charge is 0.220 e. The molecule has 1 amide bonds. The number of halogens is 1. The third kappa shape index (κ3) is 5.30. The Morgan fingerprint density at radius 3 is 2.86 bits per heavy atom. The van der Waals surface area contributed by atoms with Gasteiger partial charge in [0.1, 0.15) is 0 Å². The average Bonchev–Trinajstić information content (AvgIpc) is 3.30. The summed E-state index contributed by atoms with van der Waals surface area (Å²) in [6.07, 6.45) is 3.61. The molecule has 1 aliphatic rings. The molecule has 4 nitrogen and oxygen atoms in total. The number of hydrogen-bond donors (Lipinski definition) is 2. The fraction of sp³-hybridized carbons (Fsp3) is 0.588. The molecule has 0 spiro atoms. The molecule has 1 aromatic rings. The van der Waals surface area contributed by atoms with Gasteiger partial charge in [0.15, 0.2) is 11.6 Å². The van der Waals surface area contributed by atoms with Crippen LogP contribution in [0.15, 0.2) is 18.2 Å². The minimum Gasteiger partial charge on any atom is -0.490 e. The Bertz CT molecular complexity index is 503. The third-order valence-corrected chi connectivity index (χ3v) is 3.84. The molecular formula is C17H25FN2O2. The number of amides is 1. The highest BCUT2D eigenvalue weighted by Gasteiger charge is 2.22. The van der Waals surface area contributed by atoms with E-state index in [1.54, 1.807) is 6.07 Å². The van der Waals surface area contributed by atoms with E-state index in [0.29, 0.717) is 24.7 Å². The molecule has 0 heterocycles. The van der Waals surface area contributed by atoms with Crippen molar-refractivity contribution in [2.75, 3.05) is 20.2 Å². The van der Waals surface area contributed by atoms with Crippen molar-refractivity contribution in [3.8, 4) is 5.75 Å². The summed E-state index contributed by atoms with van der Waals surface area (Å²) in [7, 11) is 1.86. The van der Waals surface area contributed by atoms with Crippen LogP contribution in [-0.2, 0) is 4.79 Å². The first-order chi connectivity index (χ1) is 10.6. The Labute approximate surface area is 131 Å². The van der Waals surface area contributed by atoms with Crippen molar-refractivity contribution in [2.45, 2.75) is 38.6 Å². The van der Waals surface area contributed by atoms with Crippen LogP contribution < -0.4 is 15.4 Å². The van der Waals surface area contributed by atoms with E-state index < -0.39 is 0 Å². The van der Waals surface area contributed by atoms with Crippen LogP contribution in [0, 0.1) is 11.7 Å². The minimum absolute atomic E-state index is 0.0165. The number of nitrogens with one attached hydrogen (secondary N) is 2. The van der Waals surface area contributed by atoms with Crippen LogP contribution in [0.5, 0.6) is 5.75 Å². The lowest BCUT2D eigenvalue weighted by atomic mass is 10.1. The number of hydrogen-bond acceptors (Lipinski definition) is 3. The predicted molar refractivity (Wildman–Crippen MR) is 84.3 cm³/mol. The van der Waals surface area contributed by atoms with Gasteiger partial charge >= 0.3 is 0 Å². The lowest BCUT2D eigenvalue weighted by molar-refractivity contribution is -0.121. The van der Waals surface area contributed by atoms with Gasteiger partial charge in [-0.2, -0.15) is 0 Å². The molecule has 0 saturated heterocycles. The summed E-state index contributed by atoms with van der Waals surface area (Å²) in [6.45, 7) is 3.26. The van der Waals surface area contributed by atoms with Gasteiger partial charge in [-0.1, -0.05) is 6.07 Å². The van der Waals surface area contributed by atoms with Crippen molar-refractivity contribution in [3.63, 3.8) is 0 Å². The molecule has 2 rings (SSSR count). The van der Waals surface area contributed by atoms with Crippen molar-refractivity contribution in [1.82, 2.24) is 10.6 Å². The molecule has 122 valence electrons. The molecular weight excluding hydrogens is 283 g/mol. The number of carbonyl (C=O) groups excluding carboxylic acids is 1. The highest BCUT2D eigenvalue weighted by atomic mass is 19.1. The molecule has 0 bridgehead atoms. The van der Waals surface area contributed by atoms with Crippen molar-refractivity contribution in [2.24, 2.45) is 5.92 Å². The first-order valence-electron chi connectivity index (χ1n) is 7.96. The highest BCUT2D eigenvalue weighted by molar-refractivity contribution is 5.76. The maximum atomic E-state index is 14.0. The molecule has 22 heavy (non-hydrogen) atoms. The molecule has 0 aliphatic heterocycles. The topological polar surface area (TPSA) is 50.4 Å². The summed E-state index contributed by atoms with van der Waals surface area (Å²) in [4.78, 5) is 11.8. The van der Waals surface area contributed by atoms with Crippen LogP contribution in [0.25, 0.3) is 0 Å². The van der Waals surface area contributed by atoms with Gasteiger partial charge < -0.3 is 15.4 Å². The largest absolute Gasteiger partial charge is 0.490 e. The predicted octanol–water partition coefficient (Wildman–Crippen LogP) is 2.79. The standard InChI is InChI=1S/C17H25FN2O2/c1-12(20-17(21)4-3-9-19-2)14-7-8-16(15(18)10-14)22-11-13-5-6-13/h7-8,10,12-13,19H,3-6,9,11H2,1-2H3,(H,20,21). The van der Waals surface area contributed by atoms with Gasteiger partial charge in [0.25, 0.3) is 0 Å². The SMILES string of the molecule is CNCCCC(=O)NC(C)c1ccc(OCC2CC2)c(F)c1. The zero-order chi connectivity index (χ0) is 15.9. The van der Waals surface area contributed by atoms with E-state index in [9.17, 15) is 9.18 Å². The summed E-state index contributed by atoms with van der Waals surface area (Å²) in [5.41, 5.74) is 0.748. The normalized spacial score (nSPS) is 15.4. The van der Waals surface area contributed by atoms with E-state index >= 15 is 0 Å². The Morgan fingerprint density at radius 1 is 1.45 bits per heavy atom. The molecule has 2 N–H and O–H groups in total. The second-order valence-electron chi connectivity index (χ2n) is 5.94. The van der Waals surface area contributed by atoms with Gasteiger partial charge in [0.05, 0.1) is 12.6 Å². The Balaban J connectivity index is 1.84. The van der Waals surface area contributed by atoms with Gasteiger partial charge in [-0.3, -0.25) is 4.79 Å². The van der Waals surface area contributed by atoms with Gasteiger partial charge in [0.2, 0.25) is 5.91 Å². The molecule has 5 heteroatoms. The molecule has 0 aromatic heterocycles. The highest BCUT2D eigenvalue weighted by Crippen LogP contribution is 2.30. The summed E-state index contributed by atoms with van der Waals surface area (Å²) < 4.78 is 19.5. The Morgan fingerprint density at radius 2 is 2.23 bits per heavy atom. The summed E-state index contributed by atoms with van der Waals surface area (Å²) in [5, 5.41) is 5.89. The Hall–Kier alpha value is -1.62. The third-order valence-electron chi connectivity index (χ3n) is 3.84. The second-order valence-corrected chi connectivity index (χ2v) is 5.94. The van der Waals surface area contributed by atoms with Crippen molar-refractivity contribution in [3.05, 3.63) is 29.6 Å². The average molecular weight is 308 g/mol. The van der Waals surface area contributed by atoms with Crippen molar-refractivity contribution in [1.29, 1.82) is 0 Å². The maximum absolute atomic E-state index is 14.0. The lowest BCUT2D eigenvalue weighted by Crippen LogP contribution is -2.27. The zero-order valence-electron chi connectivity index (χ0n) is 13.3. The molecule has 0 radical (unpaired) electrons. The van der Waals surface area contributed by atoms with Gasteiger partial charge in [-0.25, -0.2) is 4.39 Å². The number of benzene rings is 1. The van der Waals surface area contributed by atoms with Crippen LogP contribution >= 0.6 is 0 Å². The monoisotopic (exact) mass is 308 g/mol. The summed E-state index contributed by atoms with van der Waals surface area (Å²) >= 11 is 0. The van der Waals surface area contributed by atoms with E-state index in [1.807, 2.05) is 20.0 Å². The van der Waals surface area contributed by atoms with Crippen molar-refractivity contribution >= 4 is 5.91 Å².